The third kappa shape index (κ3) is 6.77. The van der Waals surface area contributed by atoms with E-state index in [-0.39, 0.29) is 12.1 Å². The summed E-state index contributed by atoms with van der Waals surface area (Å²) in [6, 6.07) is 7.99. The van der Waals surface area contributed by atoms with Gasteiger partial charge in [0.25, 0.3) is 0 Å². The fraction of sp³-hybridized carbons (Fsp3) is 0.438. The Balaban J connectivity index is 2.35. The first-order valence-corrected chi connectivity index (χ1v) is 6.78. The summed E-state index contributed by atoms with van der Waals surface area (Å²) in [6.07, 6.45) is 4.21. The number of hydrogen-bond donors (Lipinski definition) is 1. The predicted octanol–water partition coefficient (Wildman–Crippen LogP) is 2.94. The van der Waals surface area contributed by atoms with Gasteiger partial charge in [-0.3, -0.25) is 0 Å². The van der Waals surface area contributed by atoms with E-state index in [1.165, 1.54) is 11.6 Å². The highest BCUT2D eigenvalue weighted by atomic mass is 16.5. The Morgan fingerprint density at radius 2 is 2.05 bits per heavy atom. The first kappa shape index (κ1) is 15.4. The van der Waals surface area contributed by atoms with E-state index >= 15 is 0 Å². The summed E-state index contributed by atoms with van der Waals surface area (Å²) in [5.41, 5.74) is 2.20. The van der Waals surface area contributed by atoms with Crippen LogP contribution in [0.4, 0.5) is 0 Å². The van der Waals surface area contributed by atoms with Crippen LogP contribution in [-0.2, 0) is 9.53 Å². The lowest BCUT2D eigenvalue weighted by atomic mass is 10.1. The number of esters is 1. The summed E-state index contributed by atoms with van der Waals surface area (Å²) >= 11 is 0. The molecule has 0 aliphatic heterocycles. The zero-order valence-electron chi connectivity index (χ0n) is 12.0. The van der Waals surface area contributed by atoms with E-state index in [1.54, 1.807) is 6.08 Å². The molecule has 0 heterocycles. The predicted molar refractivity (Wildman–Crippen MR) is 78.9 cm³/mol. The van der Waals surface area contributed by atoms with E-state index in [9.17, 15) is 4.79 Å². The van der Waals surface area contributed by atoms with Crippen LogP contribution in [0.15, 0.2) is 30.3 Å². The molecule has 19 heavy (non-hydrogen) atoms. The molecule has 0 saturated carbocycles. The highest BCUT2D eigenvalue weighted by Gasteiger charge is 2.05. The van der Waals surface area contributed by atoms with Gasteiger partial charge in [0.05, 0.1) is 0 Å². The number of benzene rings is 1. The van der Waals surface area contributed by atoms with Crippen LogP contribution in [0.3, 0.4) is 0 Å². The summed E-state index contributed by atoms with van der Waals surface area (Å²) in [5.74, 6) is -0.300. The third-order valence-electron chi connectivity index (χ3n) is 2.67. The molecule has 0 bridgehead atoms. The minimum absolute atomic E-state index is 0.110. The van der Waals surface area contributed by atoms with Crippen LogP contribution < -0.4 is 5.32 Å². The maximum atomic E-state index is 11.6. The second-order valence-corrected chi connectivity index (χ2v) is 4.70. The van der Waals surface area contributed by atoms with Crippen molar-refractivity contribution in [2.75, 3.05) is 13.1 Å². The smallest absolute Gasteiger partial charge is 0.331 e. The van der Waals surface area contributed by atoms with Crippen LogP contribution in [0.25, 0.3) is 6.08 Å². The summed E-state index contributed by atoms with van der Waals surface area (Å²) in [5, 5.41) is 3.22. The first-order valence-electron chi connectivity index (χ1n) is 6.78. The SMILES string of the molecule is CCCNCC(C)OC(=O)/C=C/c1ccc(C)cc1. The van der Waals surface area contributed by atoms with Crippen molar-refractivity contribution in [3.8, 4) is 0 Å². The molecule has 1 unspecified atom stereocenters. The van der Waals surface area contributed by atoms with E-state index in [2.05, 4.69) is 12.2 Å². The van der Waals surface area contributed by atoms with Crippen LogP contribution >= 0.6 is 0 Å². The zero-order chi connectivity index (χ0) is 14.1. The second-order valence-electron chi connectivity index (χ2n) is 4.70. The molecular weight excluding hydrogens is 238 g/mol. The van der Waals surface area contributed by atoms with Crippen LogP contribution in [0, 0.1) is 6.92 Å². The molecule has 0 aliphatic rings. The highest BCUT2D eigenvalue weighted by Crippen LogP contribution is 2.05. The van der Waals surface area contributed by atoms with Crippen molar-refractivity contribution >= 4 is 12.0 Å². The van der Waals surface area contributed by atoms with Crippen molar-refractivity contribution in [3.05, 3.63) is 41.5 Å². The first-order chi connectivity index (χ1) is 9.11. The molecule has 0 radical (unpaired) electrons. The van der Waals surface area contributed by atoms with Crippen molar-refractivity contribution in [1.29, 1.82) is 0 Å². The number of nitrogens with one attached hydrogen (secondary N) is 1. The topological polar surface area (TPSA) is 38.3 Å². The number of aryl methyl sites for hydroxylation is 1. The lowest BCUT2D eigenvalue weighted by Crippen LogP contribution is -2.28. The fourth-order valence-electron chi connectivity index (χ4n) is 1.60. The van der Waals surface area contributed by atoms with Gasteiger partial charge in [-0.15, -0.1) is 0 Å². The Kier molecular flexibility index (Phi) is 6.90. The Hall–Kier alpha value is -1.61. The monoisotopic (exact) mass is 261 g/mol. The Morgan fingerprint density at radius 1 is 1.37 bits per heavy atom. The van der Waals surface area contributed by atoms with Gasteiger partial charge in [0.2, 0.25) is 0 Å². The van der Waals surface area contributed by atoms with E-state index in [4.69, 9.17) is 4.74 Å². The van der Waals surface area contributed by atoms with Gasteiger partial charge in [0, 0.05) is 12.6 Å². The third-order valence-corrected chi connectivity index (χ3v) is 2.67. The summed E-state index contributed by atoms with van der Waals surface area (Å²) in [6.45, 7) is 7.67. The van der Waals surface area contributed by atoms with Crippen molar-refractivity contribution in [2.24, 2.45) is 0 Å². The van der Waals surface area contributed by atoms with Gasteiger partial charge in [-0.05, 0) is 38.5 Å². The van der Waals surface area contributed by atoms with Crippen LogP contribution in [0.5, 0.6) is 0 Å². The highest BCUT2D eigenvalue weighted by molar-refractivity contribution is 5.87. The largest absolute Gasteiger partial charge is 0.458 e. The van der Waals surface area contributed by atoms with Crippen LogP contribution in [0.1, 0.15) is 31.4 Å². The van der Waals surface area contributed by atoms with Gasteiger partial charge in [-0.25, -0.2) is 4.79 Å². The average molecular weight is 261 g/mol. The number of carbonyl (C=O) groups is 1. The van der Waals surface area contributed by atoms with Crippen molar-refractivity contribution in [3.63, 3.8) is 0 Å². The van der Waals surface area contributed by atoms with Crippen LogP contribution in [0.2, 0.25) is 0 Å². The maximum Gasteiger partial charge on any atom is 0.331 e. The van der Waals surface area contributed by atoms with E-state index in [1.807, 2.05) is 38.1 Å². The van der Waals surface area contributed by atoms with E-state index in [0.717, 1.165) is 18.5 Å². The van der Waals surface area contributed by atoms with Gasteiger partial charge in [-0.2, -0.15) is 0 Å². The molecule has 0 aliphatic carbocycles. The molecule has 0 saturated heterocycles. The molecular formula is C16H23NO2. The second kappa shape index (κ2) is 8.48. The molecule has 0 aromatic heterocycles. The van der Waals surface area contributed by atoms with Crippen molar-refractivity contribution in [1.82, 2.24) is 5.32 Å². The molecule has 3 nitrogen and oxygen atoms in total. The van der Waals surface area contributed by atoms with Crippen molar-refractivity contribution in [2.45, 2.75) is 33.3 Å². The quantitative estimate of drug-likeness (QED) is 0.466. The molecule has 3 heteroatoms. The lowest BCUT2D eigenvalue weighted by Gasteiger charge is -2.12. The minimum atomic E-state index is -0.300. The number of rotatable bonds is 7. The Morgan fingerprint density at radius 3 is 2.68 bits per heavy atom. The standard InChI is InChI=1S/C16H23NO2/c1-4-11-17-12-14(3)19-16(18)10-9-15-7-5-13(2)6-8-15/h5-10,14,17H,4,11-12H2,1-3H3/b10-9+. The molecule has 1 aromatic carbocycles. The van der Waals surface area contributed by atoms with Gasteiger partial charge < -0.3 is 10.1 Å². The summed E-state index contributed by atoms with van der Waals surface area (Å²) in [7, 11) is 0. The average Bonchev–Trinajstić information content (AvgIpc) is 2.38. The molecule has 0 amide bonds. The lowest BCUT2D eigenvalue weighted by molar-refractivity contribution is -0.141. The fourth-order valence-corrected chi connectivity index (χ4v) is 1.60. The Labute approximate surface area is 115 Å². The molecule has 0 spiro atoms. The van der Waals surface area contributed by atoms with Gasteiger partial charge in [0.15, 0.2) is 0 Å². The summed E-state index contributed by atoms with van der Waals surface area (Å²) < 4.78 is 5.25. The Bertz CT molecular complexity index is 409. The van der Waals surface area contributed by atoms with E-state index in [0.29, 0.717) is 6.54 Å². The van der Waals surface area contributed by atoms with E-state index < -0.39 is 0 Å². The zero-order valence-corrected chi connectivity index (χ0v) is 12.0. The van der Waals surface area contributed by atoms with Gasteiger partial charge >= 0.3 is 5.97 Å². The van der Waals surface area contributed by atoms with Gasteiger partial charge in [0.1, 0.15) is 6.10 Å². The van der Waals surface area contributed by atoms with Crippen LogP contribution in [-0.4, -0.2) is 25.2 Å². The number of hydrogen-bond acceptors (Lipinski definition) is 3. The summed E-state index contributed by atoms with van der Waals surface area (Å²) in [4.78, 5) is 11.6. The minimum Gasteiger partial charge on any atom is -0.458 e. The molecule has 104 valence electrons. The van der Waals surface area contributed by atoms with Crippen molar-refractivity contribution < 1.29 is 9.53 Å². The maximum absolute atomic E-state index is 11.6. The van der Waals surface area contributed by atoms with Gasteiger partial charge in [-0.1, -0.05) is 36.8 Å². The molecule has 1 rings (SSSR count). The molecule has 1 aromatic rings. The molecule has 1 N–H and O–H groups in total. The number of ether oxygens (including phenoxy) is 1. The molecule has 1 atom stereocenters. The number of carbonyl (C=O) groups excluding carboxylic acids is 1. The normalized spacial score (nSPS) is 12.6. The molecule has 0 fully saturated rings.